The van der Waals surface area contributed by atoms with Crippen molar-refractivity contribution < 1.29 is 23.1 Å². The minimum Gasteiger partial charge on any atom is -0.438 e. The van der Waals surface area contributed by atoms with E-state index in [1.54, 1.807) is 0 Å². The Bertz CT molecular complexity index is 322. The molecule has 6 nitrogen and oxygen atoms in total. The Morgan fingerprint density at radius 2 is 2.38 bits per heavy atom. The van der Waals surface area contributed by atoms with Gasteiger partial charge >= 0.3 is 12.0 Å². The van der Waals surface area contributed by atoms with Crippen molar-refractivity contribution in [2.24, 2.45) is 0 Å². The summed E-state index contributed by atoms with van der Waals surface area (Å²) >= 11 is 0. The lowest BCUT2D eigenvalue weighted by atomic mass is 10.4. The van der Waals surface area contributed by atoms with Gasteiger partial charge in [0.2, 0.25) is 0 Å². The fourth-order valence-corrected chi connectivity index (χ4v) is 0.673. The first-order chi connectivity index (χ1) is 6.22. The molecular formula is C7H8O6. The van der Waals surface area contributed by atoms with Crippen molar-refractivity contribution in [3.05, 3.63) is 22.6 Å². The highest BCUT2D eigenvalue weighted by Crippen LogP contribution is 1.97. The van der Waals surface area contributed by atoms with Gasteiger partial charge in [-0.2, -0.15) is 0 Å². The second-order valence-electron chi connectivity index (χ2n) is 2.11. The molecule has 6 heteroatoms. The van der Waals surface area contributed by atoms with Gasteiger partial charge in [0.15, 0.2) is 0 Å². The number of hydrogen-bond donors (Lipinski definition) is 0. The molecule has 0 saturated heterocycles. The zero-order valence-electron chi connectivity index (χ0n) is 6.94. The summed E-state index contributed by atoms with van der Waals surface area (Å²) in [5.74, 6) is -0.443. The van der Waals surface area contributed by atoms with Gasteiger partial charge in [0.1, 0.15) is 18.6 Å². The number of ether oxygens (including phenoxy) is 2. The molecule has 0 fully saturated rings. The Kier molecular flexibility index (Phi) is 3.13. The highest BCUT2D eigenvalue weighted by atomic mass is 16.7. The van der Waals surface area contributed by atoms with Crippen LogP contribution in [0.2, 0.25) is 0 Å². The van der Waals surface area contributed by atoms with Gasteiger partial charge in [0.05, 0.1) is 7.11 Å². The van der Waals surface area contributed by atoms with E-state index >= 15 is 0 Å². The molecule has 0 aliphatic rings. The van der Waals surface area contributed by atoms with E-state index in [1.807, 2.05) is 0 Å². The van der Waals surface area contributed by atoms with Gasteiger partial charge < -0.3 is 18.3 Å². The van der Waals surface area contributed by atoms with Crippen molar-refractivity contribution in [3.8, 4) is 0 Å². The molecule has 72 valence electrons. The topological polar surface area (TPSA) is 78.9 Å². The van der Waals surface area contributed by atoms with Gasteiger partial charge in [-0.25, -0.2) is 9.59 Å². The van der Waals surface area contributed by atoms with E-state index in [4.69, 9.17) is 0 Å². The Labute approximate surface area is 73.0 Å². The third-order valence-corrected chi connectivity index (χ3v) is 1.24. The third kappa shape index (κ3) is 3.02. The van der Waals surface area contributed by atoms with E-state index in [1.165, 1.54) is 13.4 Å². The minimum atomic E-state index is -0.772. The van der Waals surface area contributed by atoms with Gasteiger partial charge in [0.25, 0.3) is 0 Å². The number of rotatable bonds is 3. The molecular weight excluding hydrogens is 180 g/mol. The van der Waals surface area contributed by atoms with Crippen LogP contribution in [0.25, 0.3) is 0 Å². The van der Waals surface area contributed by atoms with Crippen molar-refractivity contribution in [1.82, 2.24) is 0 Å². The normalized spacial score (nSPS) is 9.62. The molecule has 0 spiro atoms. The minimum absolute atomic E-state index is 0.0785. The van der Waals surface area contributed by atoms with Crippen LogP contribution >= 0.6 is 0 Å². The summed E-state index contributed by atoms with van der Waals surface area (Å²) in [6.45, 7) is 0.0785. The first kappa shape index (κ1) is 9.37. The first-order valence-electron chi connectivity index (χ1n) is 3.50. The van der Waals surface area contributed by atoms with Crippen molar-refractivity contribution in [3.63, 3.8) is 0 Å². The summed E-state index contributed by atoms with van der Waals surface area (Å²) in [4.78, 5) is 20.8. The summed E-state index contributed by atoms with van der Waals surface area (Å²) in [5.41, 5.74) is 0. The molecule has 1 aromatic rings. The highest BCUT2D eigenvalue weighted by molar-refractivity contribution is 5.59. The average Bonchev–Trinajstić information content (AvgIpc) is 2.51. The maximum atomic E-state index is 10.4. The van der Waals surface area contributed by atoms with Crippen LogP contribution in [0.4, 0.5) is 4.79 Å². The number of carbonyl (C=O) groups is 1. The lowest BCUT2D eigenvalue weighted by molar-refractivity contribution is 0.0726. The monoisotopic (exact) mass is 188 g/mol. The zero-order chi connectivity index (χ0) is 9.68. The van der Waals surface area contributed by atoms with Crippen LogP contribution in [0.15, 0.2) is 19.9 Å². The van der Waals surface area contributed by atoms with E-state index in [2.05, 4.69) is 18.3 Å². The smallest absolute Gasteiger partial charge is 0.438 e. The first-order valence-corrected chi connectivity index (χ1v) is 3.50. The maximum Gasteiger partial charge on any atom is 0.518 e. The molecule has 0 bridgehead atoms. The Balaban J connectivity index is 2.28. The van der Waals surface area contributed by atoms with Crippen LogP contribution in [-0.2, 0) is 15.9 Å². The van der Waals surface area contributed by atoms with E-state index in [9.17, 15) is 9.59 Å². The van der Waals surface area contributed by atoms with Crippen LogP contribution in [0.5, 0.6) is 0 Å². The Morgan fingerprint density at radius 3 is 2.92 bits per heavy atom. The molecule has 0 atom stereocenters. The molecule has 0 radical (unpaired) electrons. The van der Waals surface area contributed by atoms with Crippen LogP contribution in [0.3, 0.4) is 0 Å². The molecule has 0 aliphatic carbocycles. The summed E-state index contributed by atoms with van der Waals surface area (Å²) in [5, 5.41) is 0. The van der Waals surface area contributed by atoms with Crippen LogP contribution in [0, 0.1) is 0 Å². The van der Waals surface area contributed by atoms with E-state index < -0.39 is 12.0 Å². The summed E-state index contributed by atoms with van der Waals surface area (Å²) in [6, 6.07) is 0. The average molecular weight is 188 g/mol. The number of hydrogen-bond acceptors (Lipinski definition) is 6. The van der Waals surface area contributed by atoms with Gasteiger partial charge in [-0.1, -0.05) is 0 Å². The predicted octanol–water partition coefficient (Wildman–Crippen LogP) is 0.558. The highest BCUT2D eigenvalue weighted by Gasteiger charge is 2.04. The second kappa shape index (κ2) is 4.34. The number of carbonyl (C=O) groups excluding carboxylic acids is 1. The summed E-state index contributed by atoms with van der Waals surface area (Å²) in [6.07, 6.45) is 0.676. The molecule has 0 saturated carbocycles. The van der Waals surface area contributed by atoms with Crippen LogP contribution in [0.1, 0.15) is 5.76 Å². The van der Waals surface area contributed by atoms with Crippen molar-refractivity contribution in [2.75, 3.05) is 13.7 Å². The third-order valence-electron chi connectivity index (χ3n) is 1.24. The van der Waals surface area contributed by atoms with E-state index in [-0.39, 0.29) is 13.0 Å². The van der Waals surface area contributed by atoms with Crippen LogP contribution < -0.4 is 5.82 Å². The fourth-order valence-electron chi connectivity index (χ4n) is 0.673. The lowest BCUT2D eigenvalue weighted by Gasteiger charge is -1.99. The molecule has 0 N–H and O–H groups in total. The Morgan fingerprint density at radius 1 is 1.62 bits per heavy atom. The molecule has 0 amide bonds. The second-order valence-corrected chi connectivity index (χ2v) is 2.11. The van der Waals surface area contributed by atoms with Crippen LogP contribution in [-0.4, -0.2) is 19.9 Å². The van der Waals surface area contributed by atoms with E-state index in [0.29, 0.717) is 5.76 Å². The summed E-state index contributed by atoms with van der Waals surface area (Å²) < 4.78 is 17.7. The molecule has 0 aliphatic heterocycles. The largest absolute Gasteiger partial charge is 0.518 e. The van der Waals surface area contributed by atoms with Gasteiger partial charge in [-0.3, -0.25) is 0 Å². The van der Waals surface area contributed by atoms with Gasteiger partial charge in [-0.15, -0.1) is 0 Å². The predicted molar refractivity (Wildman–Crippen MR) is 39.3 cm³/mol. The molecule has 0 unspecified atom stereocenters. The number of methoxy groups -OCH3 is 1. The SMILES string of the molecule is COC(=O)OCCc1coc(=O)o1. The Hall–Kier alpha value is -1.72. The van der Waals surface area contributed by atoms with Crippen molar-refractivity contribution in [2.45, 2.75) is 6.42 Å². The van der Waals surface area contributed by atoms with Gasteiger partial charge in [0, 0.05) is 6.42 Å². The lowest BCUT2D eigenvalue weighted by Crippen LogP contribution is -2.07. The molecule has 13 heavy (non-hydrogen) atoms. The fraction of sp³-hybridized carbons (Fsp3) is 0.429. The molecule has 1 heterocycles. The van der Waals surface area contributed by atoms with Crippen molar-refractivity contribution in [1.29, 1.82) is 0 Å². The standard InChI is InChI=1S/C7H8O6/c1-10-6(8)11-3-2-5-4-12-7(9)13-5/h4H,2-3H2,1H3. The maximum absolute atomic E-state index is 10.4. The molecule has 1 aromatic heterocycles. The quantitative estimate of drug-likeness (QED) is 0.644. The molecule has 0 aromatic carbocycles. The zero-order valence-corrected chi connectivity index (χ0v) is 6.94. The molecule has 1 rings (SSSR count). The van der Waals surface area contributed by atoms with E-state index in [0.717, 1.165) is 0 Å². The van der Waals surface area contributed by atoms with Gasteiger partial charge in [-0.05, 0) is 0 Å². The van der Waals surface area contributed by atoms with Crippen molar-refractivity contribution >= 4 is 6.16 Å². The summed E-state index contributed by atoms with van der Waals surface area (Å²) in [7, 11) is 1.21.